The number of para-hydroxylation sites is 1. The van der Waals surface area contributed by atoms with Crippen molar-refractivity contribution < 1.29 is 13.9 Å². The molecule has 2 aromatic heterocycles. The average molecular weight is 575 g/mol. The molecule has 1 aliphatic rings. The fraction of sp³-hybridized carbons (Fsp3) is 0.310. The molecular formula is C29H35FN10O2. The van der Waals surface area contributed by atoms with Gasteiger partial charge in [0.1, 0.15) is 17.8 Å². The first kappa shape index (κ1) is 30.1. The molecule has 3 heterocycles. The molecule has 0 bridgehead atoms. The van der Waals surface area contributed by atoms with Gasteiger partial charge in [-0.05, 0) is 51.6 Å². The molecule has 13 heteroatoms. The van der Waals surface area contributed by atoms with E-state index in [1.807, 2.05) is 43.1 Å². The van der Waals surface area contributed by atoms with E-state index >= 15 is 0 Å². The lowest BCUT2D eigenvalue weighted by molar-refractivity contribution is -0.117. The van der Waals surface area contributed by atoms with Crippen molar-refractivity contribution in [2.75, 3.05) is 32.0 Å². The smallest absolute Gasteiger partial charge is 0.316 e. The second-order valence-corrected chi connectivity index (χ2v) is 9.84. The number of aryl methyl sites for hydroxylation is 1. The zero-order chi connectivity index (χ0) is 30.2. The van der Waals surface area contributed by atoms with Crippen LogP contribution >= 0.6 is 0 Å². The SMILES string of the molecule is C=NC(=N/C=C(\C)F)OC1CCN(CC(=O)Nc2cccc3c(-c4nc(/N=C(N)\C=C(\C)NC)ncc4C)c[nH]c23)C1. The third-order valence-electron chi connectivity index (χ3n) is 6.55. The summed E-state index contributed by atoms with van der Waals surface area (Å²) in [4.78, 5) is 39.1. The number of carbonyl (C=O) groups is 1. The Bertz CT molecular complexity index is 1590. The normalized spacial score (nSPS) is 17.0. The van der Waals surface area contributed by atoms with Gasteiger partial charge in [-0.25, -0.2) is 24.3 Å². The Balaban J connectivity index is 1.46. The second kappa shape index (κ2) is 13.6. The molecule has 0 radical (unpaired) electrons. The average Bonchev–Trinajstić information content (AvgIpc) is 3.59. The summed E-state index contributed by atoms with van der Waals surface area (Å²) in [5.41, 5.74) is 10.7. The third kappa shape index (κ3) is 7.63. The lowest BCUT2D eigenvalue weighted by Gasteiger charge is -2.16. The first-order chi connectivity index (χ1) is 20.2. The van der Waals surface area contributed by atoms with Crippen LogP contribution in [0.5, 0.6) is 0 Å². The molecule has 1 fully saturated rings. The van der Waals surface area contributed by atoms with Crippen LogP contribution in [-0.2, 0) is 9.53 Å². The van der Waals surface area contributed by atoms with Crippen LogP contribution in [0.15, 0.2) is 69.4 Å². The van der Waals surface area contributed by atoms with E-state index in [1.54, 1.807) is 19.3 Å². The van der Waals surface area contributed by atoms with Crippen LogP contribution in [0, 0.1) is 6.92 Å². The number of aliphatic imine (C=N–C) groups is 3. The molecular weight excluding hydrogens is 539 g/mol. The number of amidine groups is 2. The predicted molar refractivity (Wildman–Crippen MR) is 165 cm³/mol. The maximum Gasteiger partial charge on any atom is 0.316 e. The highest BCUT2D eigenvalue weighted by Crippen LogP contribution is 2.33. The Morgan fingerprint density at radius 2 is 2.19 bits per heavy atom. The van der Waals surface area contributed by atoms with Gasteiger partial charge in [0.05, 0.1) is 29.6 Å². The maximum atomic E-state index is 13.0. The fourth-order valence-electron chi connectivity index (χ4n) is 4.49. The Morgan fingerprint density at radius 3 is 2.93 bits per heavy atom. The number of allylic oxidation sites excluding steroid dienone is 2. The number of aromatic amines is 1. The Labute approximate surface area is 243 Å². The minimum atomic E-state index is -0.464. The van der Waals surface area contributed by atoms with Gasteiger partial charge in [-0.2, -0.15) is 4.99 Å². The highest BCUT2D eigenvalue weighted by Gasteiger charge is 2.26. The van der Waals surface area contributed by atoms with Crippen molar-refractivity contribution >= 4 is 47.0 Å². The summed E-state index contributed by atoms with van der Waals surface area (Å²) < 4.78 is 18.7. The number of benzene rings is 1. The highest BCUT2D eigenvalue weighted by molar-refractivity contribution is 6.06. The number of amides is 1. The maximum absolute atomic E-state index is 13.0. The number of nitrogens with one attached hydrogen (secondary N) is 3. The number of nitrogens with two attached hydrogens (primary N) is 1. The summed E-state index contributed by atoms with van der Waals surface area (Å²) in [6.45, 7) is 9.83. The Hall–Kier alpha value is -4.91. The molecule has 1 amide bonds. The Morgan fingerprint density at radius 1 is 1.38 bits per heavy atom. The van der Waals surface area contributed by atoms with Crippen LogP contribution in [0.1, 0.15) is 25.8 Å². The zero-order valence-corrected chi connectivity index (χ0v) is 24.1. The molecule has 220 valence electrons. The second-order valence-electron chi connectivity index (χ2n) is 9.84. The number of likely N-dealkylation sites (tertiary alicyclic amines) is 1. The molecule has 12 nitrogen and oxygen atoms in total. The van der Waals surface area contributed by atoms with E-state index in [-0.39, 0.29) is 36.4 Å². The van der Waals surface area contributed by atoms with Crippen LogP contribution in [0.4, 0.5) is 16.0 Å². The van der Waals surface area contributed by atoms with Crippen molar-refractivity contribution in [2.24, 2.45) is 20.7 Å². The number of hydrogen-bond acceptors (Lipinski definition) is 8. The minimum Gasteiger partial charge on any atom is -0.459 e. The van der Waals surface area contributed by atoms with Crippen molar-refractivity contribution in [3.63, 3.8) is 0 Å². The number of hydrogen-bond donors (Lipinski definition) is 4. The number of H-pyrrole nitrogens is 1. The lowest BCUT2D eigenvalue weighted by Crippen LogP contribution is -2.32. The molecule has 0 spiro atoms. The topological polar surface area (TPSA) is 158 Å². The van der Waals surface area contributed by atoms with Gasteiger partial charge >= 0.3 is 6.02 Å². The standard InChI is InChI=1S/C29H35FN10O2/c1-17-12-35-28(38-24(31)11-19(3)32-4)39-26(17)22-14-34-27-21(22)7-6-8-23(27)37-25(41)16-40-10-9-20(15-40)42-29(33-5)36-13-18(2)30/h6-8,11-14,20,32,34H,5,9-10,15-16H2,1-4H3,(H,37,41)(H2,31,35,38,39)/b18-13+,19-11-,36-29?. The first-order valence-corrected chi connectivity index (χ1v) is 13.4. The summed E-state index contributed by atoms with van der Waals surface area (Å²) in [5, 5.41) is 6.90. The zero-order valence-electron chi connectivity index (χ0n) is 24.1. The number of ether oxygens (including phenoxy) is 1. The van der Waals surface area contributed by atoms with E-state index in [0.717, 1.165) is 33.9 Å². The van der Waals surface area contributed by atoms with Gasteiger partial charge in [-0.1, -0.05) is 12.1 Å². The summed E-state index contributed by atoms with van der Waals surface area (Å²) in [7, 11) is 1.80. The van der Waals surface area contributed by atoms with E-state index in [1.165, 1.54) is 6.92 Å². The van der Waals surface area contributed by atoms with Crippen LogP contribution in [0.2, 0.25) is 0 Å². The quantitative estimate of drug-likeness (QED) is 0.222. The molecule has 1 unspecified atom stereocenters. The van der Waals surface area contributed by atoms with Gasteiger partial charge in [0, 0.05) is 49.2 Å². The molecule has 1 atom stereocenters. The number of carbonyl (C=O) groups excluding carboxylic acids is 1. The summed E-state index contributed by atoms with van der Waals surface area (Å²) >= 11 is 0. The van der Waals surface area contributed by atoms with Gasteiger partial charge in [0.15, 0.2) is 0 Å². The molecule has 1 aliphatic heterocycles. The van der Waals surface area contributed by atoms with Crippen LogP contribution < -0.4 is 16.4 Å². The molecule has 42 heavy (non-hydrogen) atoms. The van der Waals surface area contributed by atoms with Crippen LogP contribution in [0.25, 0.3) is 22.2 Å². The molecule has 0 saturated carbocycles. The number of fused-ring (bicyclic) bond motifs is 1. The fourth-order valence-corrected chi connectivity index (χ4v) is 4.49. The van der Waals surface area contributed by atoms with Crippen LogP contribution in [-0.4, -0.2) is 77.1 Å². The molecule has 0 aliphatic carbocycles. The largest absolute Gasteiger partial charge is 0.459 e. The summed E-state index contributed by atoms with van der Waals surface area (Å²) in [5.74, 6) is -0.0997. The molecule has 1 aromatic carbocycles. The number of anilines is 1. The molecule has 4 rings (SSSR count). The summed E-state index contributed by atoms with van der Waals surface area (Å²) in [6.07, 6.45) is 6.74. The van der Waals surface area contributed by atoms with Gasteiger partial charge in [-0.3, -0.25) is 9.69 Å². The molecule has 5 N–H and O–H groups in total. The molecule has 3 aromatic rings. The van der Waals surface area contributed by atoms with E-state index in [9.17, 15) is 9.18 Å². The van der Waals surface area contributed by atoms with Crippen molar-refractivity contribution in [2.45, 2.75) is 33.3 Å². The first-order valence-electron chi connectivity index (χ1n) is 13.4. The number of halogens is 1. The predicted octanol–water partition coefficient (Wildman–Crippen LogP) is 3.96. The van der Waals surface area contributed by atoms with E-state index in [0.29, 0.717) is 30.9 Å². The number of nitrogens with zero attached hydrogens (tertiary/aromatic N) is 6. The van der Waals surface area contributed by atoms with Crippen molar-refractivity contribution in [1.29, 1.82) is 0 Å². The van der Waals surface area contributed by atoms with Gasteiger partial charge in [-0.15, -0.1) is 0 Å². The highest BCUT2D eigenvalue weighted by atomic mass is 19.1. The number of aromatic nitrogens is 3. The van der Waals surface area contributed by atoms with Crippen molar-refractivity contribution in [1.82, 2.24) is 25.2 Å². The monoisotopic (exact) mass is 574 g/mol. The van der Waals surface area contributed by atoms with Gasteiger partial charge in [0.2, 0.25) is 5.91 Å². The van der Waals surface area contributed by atoms with Crippen molar-refractivity contribution in [3.05, 3.63) is 60.0 Å². The number of rotatable bonds is 9. The molecule has 1 saturated heterocycles. The van der Waals surface area contributed by atoms with E-state index in [2.05, 4.69) is 47.3 Å². The summed E-state index contributed by atoms with van der Waals surface area (Å²) in [6, 6.07) is 5.68. The van der Waals surface area contributed by atoms with E-state index in [4.69, 9.17) is 10.5 Å². The van der Waals surface area contributed by atoms with Crippen LogP contribution in [0.3, 0.4) is 0 Å². The minimum absolute atomic E-state index is 0.000396. The lowest BCUT2D eigenvalue weighted by atomic mass is 10.1. The third-order valence-corrected chi connectivity index (χ3v) is 6.55. The Kier molecular flexibility index (Phi) is 9.76. The van der Waals surface area contributed by atoms with Crippen molar-refractivity contribution in [3.8, 4) is 11.3 Å². The van der Waals surface area contributed by atoms with Gasteiger partial charge < -0.3 is 26.1 Å². The van der Waals surface area contributed by atoms with Gasteiger partial charge in [0.25, 0.3) is 5.95 Å². The van der Waals surface area contributed by atoms with E-state index < -0.39 is 5.83 Å².